The van der Waals surface area contributed by atoms with E-state index in [0.717, 1.165) is 11.1 Å². The van der Waals surface area contributed by atoms with Crippen molar-refractivity contribution in [2.45, 2.75) is 71.8 Å². The van der Waals surface area contributed by atoms with Crippen LogP contribution < -0.4 is 15.4 Å². The van der Waals surface area contributed by atoms with Crippen LogP contribution in [-0.4, -0.2) is 35.5 Å². The fraction of sp³-hybridized carbons (Fsp3) is 0.364. The number of hydrogen-bond donors (Lipinski definition) is 2. The van der Waals surface area contributed by atoms with Crippen LogP contribution >= 0.6 is 0 Å². The van der Waals surface area contributed by atoms with Gasteiger partial charge in [0.15, 0.2) is 0 Å². The van der Waals surface area contributed by atoms with E-state index in [4.69, 9.17) is 9.47 Å². The van der Waals surface area contributed by atoms with Gasteiger partial charge in [-0.15, -0.1) is 0 Å². The first kappa shape index (κ1) is 31.3. The lowest BCUT2D eigenvalue weighted by Gasteiger charge is -2.27. The Morgan fingerprint density at radius 1 is 0.805 bits per heavy atom. The number of amides is 2. The normalized spacial score (nSPS) is 12.8. The van der Waals surface area contributed by atoms with E-state index in [9.17, 15) is 18.8 Å². The molecule has 0 aromatic heterocycles. The first-order chi connectivity index (χ1) is 19.4. The van der Waals surface area contributed by atoms with Gasteiger partial charge in [0, 0.05) is 12.0 Å². The number of nitrogens with one attached hydrogen (secondary N) is 2. The molecule has 2 N–H and O–H groups in total. The van der Waals surface area contributed by atoms with Gasteiger partial charge in [-0.3, -0.25) is 9.59 Å². The van der Waals surface area contributed by atoms with Crippen LogP contribution in [0.1, 0.15) is 62.5 Å². The summed E-state index contributed by atoms with van der Waals surface area (Å²) in [5.74, 6) is -1.31. The van der Waals surface area contributed by atoms with Crippen LogP contribution in [0.25, 0.3) is 0 Å². The van der Waals surface area contributed by atoms with Gasteiger partial charge < -0.3 is 20.1 Å². The molecule has 7 nitrogen and oxygen atoms in total. The number of carbonyl (C=O) groups excluding carboxylic acids is 3. The summed E-state index contributed by atoms with van der Waals surface area (Å²) in [6.07, 6.45) is 0.521. The average Bonchev–Trinajstić information content (AvgIpc) is 2.91. The number of hydrogen-bond acceptors (Lipinski definition) is 5. The number of rotatable bonds is 12. The minimum atomic E-state index is -0.991. The molecule has 0 aliphatic heterocycles. The van der Waals surface area contributed by atoms with Crippen LogP contribution in [0.2, 0.25) is 0 Å². The third kappa shape index (κ3) is 10.7. The van der Waals surface area contributed by atoms with E-state index in [2.05, 4.69) is 10.6 Å². The van der Waals surface area contributed by atoms with Crippen molar-refractivity contribution in [1.29, 1.82) is 0 Å². The maximum absolute atomic E-state index is 13.4. The summed E-state index contributed by atoms with van der Waals surface area (Å²) in [5, 5.41) is 5.53. The summed E-state index contributed by atoms with van der Waals surface area (Å²) in [5.41, 5.74) is 1.31. The highest BCUT2D eigenvalue weighted by molar-refractivity contribution is 5.98. The average molecular weight is 563 g/mol. The Labute approximate surface area is 241 Å². The van der Waals surface area contributed by atoms with Gasteiger partial charge in [-0.1, -0.05) is 56.3 Å². The van der Waals surface area contributed by atoms with E-state index in [0.29, 0.717) is 18.8 Å². The molecule has 0 saturated heterocycles. The lowest BCUT2D eigenvalue weighted by molar-refractivity contribution is -0.158. The first-order valence-corrected chi connectivity index (χ1v) is 13.7. The molecule has 0 aliphatic rings. The third-order valence-electron chi connectivity index (χ3n) is 6.05. The Morgan fingerprint density at radius 2 is 1.44 bits per heavy atom. The van der Waals surface area contributed by atoms with Crippen LogP contribution in [-0.2, 0) is 27.4 Å². The van der Waals surface area contributed by atoms with E-state index in [1.165, 1.54) is 24.3 Å². The molecule has 0 heterocycles. The van der Waals surface area contributed by atoms with E-state index >= 15 is 0 Å². The van der Waals surface area contributed by atoms with Gasteiger partial charge >= 0.3 is 5.97 Å². The maximum atomic E-state index is 13.4. The summed E-state index contributed by atoms with van der Waals surface area (Å²) in [6.45, 7) is 9.55. The molecule has 3 aromatic carbocycles. The van der Waals surface area contributed by atoms with Gasteiger partial charge in [0.2, 0.25) is 5.91 Å². The first-order valence-electron chi connectivity index (χ1n) is 13.7. The Balaban J connectivity index is 1.73. The molecule has 8 heteroatoms. The van der Waals surface area contributed by atoms with Gasteiger partial charge in [-0.2, -0.15) is 0 Å². The molecule has 0 fully saturated rings. The summed E-state index contributed by atoms with van der Waals surface area (Å²) >= 11 is 0. The summed E-state index contributed by atoms with van der Waals surface area (Å²) in [7, 11) is 0. The topological polar surface area (TPSA) is 93.7 Å². The minimum Gasteiger partial charge on any atom is -0.489 e. The molecule has 218 valence electrons. The number of carbonyl (C=O) groups is 3. The lowest BCUT2D eigenvalue weighted by Crippen LogP contribution is -2.53. The monoisotopic (exact) mass is 562 g/mol. The van der Waals surface area contributed by atoms with Crippen molar-refractivity contribution in [3.8, 4) is 5.75 Å². The number of halogens is 1. The van der Waals surface area contributed by atoms with Gasteiger partial charge in [-0.05, 0) is 80.6 Å². The van der Waals surface area contributed by atoms with Crippen LogP contribution in [0.5, 0.6) is 5.75 Å². The Bertz CT molecular complexity index is 1290. The quantitative estimate of drug-likeness (QED) is 0.280. The molecular formula is C33H39FN2O5. The van der Waals surface area contributed by atoms with Crippen molar-refractivity contribution in [2.75, 3.05) is 0 Å². The Morgan fingerprint density at radius 3 is 2.02 bits per heavy atom. The van der Waals surface area contributed by atoms with Crippen LogP contribution in [0.4, 0.5) is 4.39 Å². The van der Waals surface area contributed by atoms with Gasteiger partial charge in [0.25, 0.3) is 5.91 Å². The van der Waals surface area contributed by atoms with Crippen LogP contribution in [0, 0.1) is 11.7 Å². The van der Waals surface area contributed by atoms with Crippen LogP contribution in [0.15, 0.2) is 78.9 Å². The second-order valence-electron chi connectivity index (χ2n) is 11.4. The van der Waals surface area contributed by atoms with Crippen molar-refractivity contribution in [1.82, 2.24) is 10.6 Å². The Kier molecular flexibility index (Phi) is 11.0. The number of ether oxygens (including phenoxy) is 2. The van der Waals surface area contributed by atoms with Crippen molar-refractivity contribution < 1.29 is 28.2 Å². The summed E-state index contributed by atoms with van der Waals surface area (Å²) in [4.78, 5) is 39.4. The fourth-order valence-electron chi connectivity index (χ4n) is 4.08. The predicted octanol–water partition coefficient (Wildman–Crippen LogP) is 5.62. The second-order valence-corrected chi connectivity index (χ2v) is 11.4. The largest absolute Gasteiger partial charge is 0.489 e. The highest BCUT2D eigenvalue weighted by atomic mass is 19.1. The second kappa shape index (κ2) is 14.4. The predicted molar refractivity (Wildman–Crippen MR) is 156 cm³/mol. The molecule has 0 radical (unpaired) electrons. The molecule has 41 heavy (non-hydrogen) atoms. The smallest absolute Gasteiger partial charge is 0.329 e. The number of esters is 1. The van der Waals surface area contributed by atoms with Crippen molar-refractivity contribution in [2.24, 2.45) is 5.92 Å². The van der Waals surface area contributed by atoms with Gasteiger partial charge in [0.1, 0.15) is 35.9 Å². The summed E-state index contributed by atoms with van der Waals surface area (Å²) in [6, 6.07) is 20.3. The van der Waals surface area contributed by atoms with E-state index in [1.54, 1.807) is 20.8 Å². The minimum absolute atomic E-state index is 0.0719. The standard InChI is InChI=1S/C33H39FN2O5/c1-22(2)19-28(35-30(37)25-13-15-26(34)16-14-25)31(38)36-29(32(39)41-33(3,4)5)20-23-11-17-27(18-12-23)40-21-24-9-7-6-8-10-24/h6-18,22,28-29H,19-21H2,1-5H3,(H,35,37)(H,36,38)/t28-,29-/m0/s1. The molecule has 0 spiro atoms. The molecule has 0 aliphatic carbocycles. The molecule has 0 bridgehead atoms. The van der Waals surface area contributed by atoms with Crippen molar-refractivity contribution in [3.63, 3.8) is 0 Å². The van der Waals surface area contributed by atoms with Crippen LogP contribution in [0.3, 0.4) is 0 Å². The maximum Gasteiger partial charge on any atom is 0.329 e. The zero-order chi connectivity index (χ0) is 30.0. The van der Waals surface area contributed by atoms with E-state index < -0.39 is 41.3 Å². The van der Waals surface area contributed by atoms with Gasteiger partial charge in [-0.25, -0.2) is 9.18 Å². The fourth-order valence-corrected chi connectivity index (χ4v) is 4.08. The van der Waals surface area contributed by atoms with Crippen molar-refractivity contribution in [3.05, 3.63) is 101 Å². The summed E-state index contributed by atoms with van der Waals surface area (Å²) < 4.78 is 24.8. The highest BCUT2D eigenvalue weighted by Crippen LogP contribution is 2.18. The SMILES string of the molecule is CC(C)C[C@H](NC(=O)c1ccc(F)cc1)C(=O)N[C@@H](Cc1ccc(OCc2ccccc2)cc1)C(=O)OC(C)(C)C. The van der Waals surface area contributed by atoms with E-state index in [-0.39, 0.29) is 17.9 Å². The molecule has 2 amide bonds. The van der Waals surface area contributed by atoms with Crippen molar-refractivity contribution >= 4 is 17.8 Å². The molecule has 0 unspecified atom stereocenters. The van der Waals surface area contributed by atoms with E-state index in [1.807, 2.05) is 68.4 Å². The Hall–Kier alpha value is -4.20. The molecule has 0 saturated carbocycles. The molecule has 2 atom stereocenters. The highest BCUT2D eigenvalue weighted by Gasteiger charge is 2.31. The zero-order valence-electron chi connectivity index (χ0n) is 24.3. The molecule has 3 rings (SSSR count). The molecule has 3 aromatic rings. The number of benzene rings is 3. The molecular weight excluding hydrogens is 523 g/mol. The zero-order valence-corrected chi connectivity index (χ0v) is 24.3. The van der Waals surface area contributed by atoms with Gasteiger partial charge in [0.05, 0.1) is 0 Å². The lowest BCUT2D eigenvalue weighted by atomic mass is 10.0. The third-order valence-corrected chi connectivity index (χ3v) is 6.05.